The number of hydrogen-bond acceptors (Lipinski definition) is 4. The number of rotatable bonds is 3. The van der Waals surface area contributed by atoms with Crippen LogP contribution in [0.2, 0.25) is 0 Å². The van der Waals surface area contributed by atoms with Crippen molar-refractivity contribution in [1.82, 2.24) is 5.32 Å². The Balaban J connectivity index is 0. The number of nitrogens with one attached hydrogen (secondary N) is 1. The molecule has 0 rings (SSSR count). The largest absolute Gasteiger partial charge is 1.00 e. The molecule has 0 saturated heterocycles. The molecule has 0 spiro atoms. The molecule has 0 aliphatic carbocycles. The Labute approximate surface area is 93.3 Å². The summed E-state index contributed by atoms with van der Waals surface area (Å²) in [5.74, 6) is -1.52. The predicted octanol–water partition coefficient (Wildman–Crippen LogP) is -3.81. The van der Waals surface area contributed by atoms with Gasteiger partial charge in [-0.2, -0.15) is 0 Å². The van der Waals surface area contributed by atoms with E-state index in [0.29, 0.717) is 0 Å². The quantitative estimate of drug-likeness (QED) is 0.288. The molecule has 0 heterocycles. The van der Waals surface area contributed by atoms with Gasteiger partial charge in [-0.25, -0.2) is 8.42 Å². The fourth-order valence-corrected chi connectivity index (χ4v) is 0.613. The van der Waals surface area contributed by atoms with Crippen LogP contribution in [0.15, 0.2) is 12.2 Å². The van der Waals surface area contributed by atoms with E-state index < -0.39 is 21.9 Å². The van der Waals surface area contributed by atoms with E-state index in [1.54, 1.807) is 0 Å². The molecule has 0 atom stereocenters. The summed E-state index contributed by atoms with van der Waals surface area (Å²) >= 11 is 0. The molecule has 12 heavy (non-hydrogen) atoms. The number of carbonyl (C=O) groups excluding carboxylic acids is 1. The van der Waals surface area contributed by atoms with E-state index in [1.165, 1.54) is 6.92 Å². The van der Waals surface area contributed by atoms with Crippen LogP contribution in [-0.4, -0.2) is 24.8 Å². The van der Waals surface area contributed by atoms with E-state index in [-0.39, 0.29) is 35.1 Å². The van der Waals surface area contributed by atoms with Gasteiger partial charge in [0.15, 0.2) is 0 Å². The molecule has 0 aromatic heterocycles. The first-order valence-electron chi connectivity index (χ1n) is 2.70. The Kier molecular flexibility index (Phi) is 6.97. The van der Waals surface area contributed by atoms with Gasteiger partial charge in [0.05, 0.1) is 0 Å². The molecule has 0 aliphatic rings. The molecule has 7 heteroatoms. The van der Waals surface area contributed by atoms with Crippen LogP contribution in [0.4, 0.5) is 0 Å². The summed E-state index contributed by atoms with van der Waals surface area (Å²) < 4.78 is 29.9. The molecule has 0 aliphatic heterocycles. The second-order valence-corrected chi connectivity index (χ2v) is 3.39. The second-order valence-electron chi connectivity index (χ2n) is 1.99. The van der Waals surface area contributed by atoms with Crippen LogP contribution >= 0.6 is 0 Å². The van der Waals surface area contributed by atoms with Crippen LogP contribution in [-0.2, 0) is 14.9 Å². The zero-order valence-electron chi connectivity index (χ0n) is 6.96. The average molecular weight is 201 g/mol. The molecule has 0 saturated carbocycles. The predicted molar refractivity (Wildman–Crippen MR) is 37.5 cm³/mol. The van der Waals surface area contributed by atoms with E-state index >= 15 is 0 Å². The van der Waals surface area contributed by atoms with Gasteiger partial charge in [0.1, 0.15) is 16.0 Å². The number of hydrogen-bond donors (Lipinski definition) is 1. The number of carbonyl (C=O) groups is 1. The van der Waals surface area contributed by atoms with Gasteiger partial charge in [-0.3, -0.25) is 4.79 Å². The topological polar surface area (TPSA) is 86.3 Å². The molecule has 0 aromatic rings. The summed E-state index contributed by atoms with van der Waals surface area (Å²) in [5, 5.41) is 1.88. The zero-order chi connectivity index (χ0) is 9.07. The third-order valence-electron chi connectivity index (χ3n) is 0.797. The third kappa shape index (κ3) is 8.22. The molecule has 64 valence electrons. The molecule has 1 N–H and O–H groups in total. The molecule has 0 unspecified atom stereocenters. The van der Waals surface area contributed by atoms with Gasteiger partial charge in [0.2, 0.25) is 5.91 Å². The van der Waals surface area contributed by atoms with Crippen molar-refractivity contribution in [2.45, 2.75) is 6.92 Å². The van der Waals surface area contributed by atoms with Gasteiger partial charge in [0.25, 0.3) is 0 Å². The van der Waals surface area contributed by atoms with Crippen LogP contribution in [0.1, 0.15) is 6.92 Å². The van der Waals surface area contributed by atoms with Crippen molar-refractivity contribution in [3.8, 4) is 0 Å². The summed E-state index contributed by atoms with van der Waals surface area (Å²) in [7, 11) is -4.38. The SMILES string of the molecule is C=C(C)C(=O)NCS(=O)(=O)[O-].[Na+]. The fraction of sp³-hybridized carbons (Fsp3) is 0.400. The van der Waals surface area contributed by atoms with Crippen molar-refractivity contribution in [2.24, 2.45) is 0 Å². The summed E-state index contributed by atoms with van der Waals surface area (Å²) in [6.07, 6.45) is 0. The Morgan fingerprint density at radius 1 is 1.58 bits per heavy atom. The zero-order valence-corrected chi connectivity index (χ0v) is 9.77. The van der Waals surface area contributed by atoms with E-state index in [1.807, 2.05) is 5.32 Å². The first kappa shape index (κ1) is 14.6. The van der Waals surface area contributed by atoms with Gasteiger partial charge >= 0.3 is 29.6 Å². The molecule has 0 bridgehead atoms. The van der Waals surface area contributed by atoms with E-state index in [2.05, 4.69) is 6.58 Å². The molecular weight excluding hydrogens is 193 g/mol. The minimum atomic E-state index is -4.38. The molecule has 0 fully saturated rings. The van der Waals surface area contributed by atoms with Crippen LogP contribution in [0.5, 0.6) is 0 Å². The molecule has 1 amide bonds. The minimum Gasteiger partial charge on any atom is -0.747 e. The standard InChI is InChI=1S/C5H9NO4S.Na/c1-4(2)5(7)6-3-11(8,9)10;/h1,3H2,2H3,(H,6,7)(H,8,9,10);/q;+1/p-1. The van der Waals surface area contributed by atoms with Gasteiger partial charge in [-0.1, -0.05) is 6.58 Å². The normalized spacial score (nSPS) is 9.83. The van der Waals surface area contributed by atoms with Crippen molar-refractivity contribution in [3.05, 3.63) is 12.2 Å². The smallest absolute Gasteiger partial charge is 0.747 e. The maximum Gasteiger partial charge on any atom is 1.00 e. The maximum atomic E-state index is 10.6. The summed E-state index contributed by atoms with van der Waals surface area (Å²) in [6.45, 7) is 4.66. The number of amides is 1. The van der Waals surface area contributed by atoms with Gasteiger partial charge in [0, 0.05) is 5.57 Å². The molecular formula is C5H8NNaO4S. The van der Waals surface area contributed by atoms with Crippen molar-refractivity contribution < 1.29 is 47.3 Å². The van der Waals surface area contributed by atoms with E-state index in [9.17, 15) is 17.8 Å². The van der Waals surface area contributed by atoms with Crippen LogP contribution in [0.3, 0.4) is 0 Å². The molecule has 0 aromatic carbocycles. The van der Waals surface area contributed by atoms with Crippen LogP contribution in [0, 0.1) is 0 Å². The average Bonchev–Trinajstić information content (AvgIpc) is 1.80. The Morgan fingerprint density at radius 2 is 2.00 bits per heavy atom. The van der Waals surface area contributed by atoms with E-state index in [4.69, 9.17) is 0 Å². The first-order chi connectivity index (χ1) is 4.83. The molecule has 5 nitrogen and oxygen atoms in total. The maximum absolute atomic E-state index is 10.6. The van der Waals surface area contributed by atoms with Gasteiger partial charge in [-0.05, 0) is 6.92 Å². The van der Waals surface area contributed by atoms with Crippen LogP contribution < -0.4 is 34.9 Å². The third-order valence-corrected chi connectivity index (χ3v) is 1.30. The monoisotopic (exact) mass is 201 g/mol. The van der Waals surface area contributed by atoms with Crippen molar-refractivity contribution in [1.29, 1.82) is 0 Å². The molecule has 0 radical (unpaired) electrons. The summed E-state index contributed by atoms with van der Waals surface area (Å²) in [6, 6.07) is 0. The Hall–Kier alpha value is 0.120. The fourth-order valence-electron chi connectivity index (χ4n) is 0.305. The summed E-state index contributed by atoms with van der Waals surface area (Å²) in [5.41, 5.74) is 0.161. The van der Waals surface area contributed by atoms with E-state index in [0.717, 1.165) is 0 Å². The minimum absolute atomic E-state index is 0. The van der Waals surface area contributed by atoms with Gasteiger partial charge in [-0.15, -0.1) is 0 Å². The van der Waals surface area contributed by atoms with Crippen molar-refractivity contribution in [3.63, 3.8) is 0 Å². The van der Waals surface area contributed by atoms with Crippen LogP contribution in [0.25, 0.3) is 0 Å². The second kappa shape index (κ2) is 5.71. The van der Waals surface area contributed by atoms with Crippen molar-refractivity contribution in [2.75, 3.05) is 5.88 Å². The first-order valence-corrected chi connectivity index (χ1v) is 4.28. The van der Waals surface area contributed by atoms with Gasteiger partial charge < -0.3 is 9.87 Å². The Bertz CT molecular complexity index is 271. The summed E-state index contributed by atoms with van der Waals surface area (Å²) in [4.78, 5) is 10.6. The Morgan fingerprint density at radius 3 is 2.25 bits per heavy atom. The van der Waals surface area contributed by atoms with Crippen molar-refractivity contribution >= 4 is 16.0 Å².